The standard InChI is InChI=1S/C12H14FNO5S/c13-10-4-3-8(12(16)17)6-11(10)20(18,19)14-5-1-2-9(14)7-15/h3-4,6,9,15H,1-2,5,7H2,(H,16,17). The molecule has 8 heteroatoms. The number of sulfonamides is 1. The second-order valence-corrected chi connectivity index (χ2v) is 6.40. The quantitative estimate of drug-likeness (QED) is 0.852. The SMILES string of the molecule is O=C(O)c1ccc(F)c(S(=O)(=O)N2CCCC2CO)c1. The van der Waals surface area contributed by atoms with Gasteiger partial charge in [0.05, 0.1) is 12.2 Å². The molecule has 1 aliphatic heterocycles. The van der Waals surface area contributed by atoms with Crippen molar-refractivity contribution < 1.29 is 27.8 Å². The highest BCUT2D eigenvalue weighted by atomic mass is 32.2. The number of aliphatic hydroxyl groups is 1. The predicted octanol–water partition coefficient (Wildman–Crippen LogP) is 0.669. The molecule has 0 spiro atoms. The van der Waals surface area contributed by atoms with Gasteiger partial charge in [0.2, 0.25) is 10.0 Å². The van der Waals surface area contributed by atoms with E-state index in [-0.39, 0.29) is 18.7 Å². The van der Waals surface area contributed by atoms with E-state index in [1.54, 1.807) is 0 Å². The Kier molecular flexibility index (Phi) is 4.07. The molecule has 20 heavy (non-hydrogen) atoms. The summed E-state index contributed by atoms with van der Waals surface area (Å²) in [4.78, 5) is 10.2. The van der Waals surface area contributed by atoms with Crippen LogP contribution in [0, 0.1) is 5.82 Å². The summed E-state index contributed by atoms with van der Waals surface area (Å²) in [6.45, 7) is -0.163. The summed E-state index contributed by atoms with van der Waals surface area (Å²) in [5.74, 6) is -2.33. The van der Waals surface area contributed by atoms with Crippen LogP contribution in [-0.2, 0) is 10.0 Å². The second-order valence-electron chi connectivity index (χ2n) is 4.54. The Labute approximate surface area is 115 Å². The molecule has 0 radical (unpaired) electrons. The van der Waals surface area contributed by atoms with E-state index in [2.05, 4.69) is 0 Å². The van der Waals surface area contributed by atoms with Gasteiger partial charge in [0.15, 0.2) is 0 Å². The molecular weight excluding hydrogens is 289 g/mol. The summed E-state index contributed by atoms with van der Waals surface area (Å²) in [6.07, 6.45) is 1.07. The molecule has 1 aromatic rings. The van der Waals surface area contributed by atoms with Crippen LogP contribution in [0.3, 0.4) is 0 Å². The van der Waals surface area contributed by atoms with E-state index in [1.165, 1.54) is 0 Å². The lowest BCUT2D eigenvalue weighted by Gasteiger charge is -2.22. The first kappa shape index (κ1) is 14.9. The van der Waals surface area contributed by atoms with E-state index >= 15 is 0 Å². The van der Waals surface area contributed by atoms with Crippen LogP contribution in [0.4, 0.5) is 4.39 Å². The number of hydrogen-bond donors (Lipinski definition) is 2. The van der Waals surface area contributed by atoms with Crippen LogP contribution in [0.1, 0.15) is 23.2 Å². The smallest absolute Gasteiger partial charge is 0.335 e. The predicted molar refractivity (Wildman–Crippen MR) is 67.4 cm³/mol. The Hall–Kier alpha value is -1.51. The molecule has 1 heterocycles. The number of benzene rings is 1. The molecular formula is C12H14FNO5S. The van der Waals surface area contributed by atoms with Crippen LogP contribution in [-0.4, -0.2) is 48.1 Å². The van der Waals surface area contributed by atoms with Crippen molar-refractivity contribution in [2.75, 3.05) is 13.2 Å². The summed E-state index contributed by atoms with van der Waals surface area (Å²) < 4.78 is 39.5. The topological polar surface area (TPSA) is 94.9 Å². The Morgan fingerprint density at radius 2 is 2.15 bits per heavy atom. The minimum atomic E-state index is -4.15. The van der Waals surface area contributed by atoms with Gasteiger partial charge in [-0.25, -0.2) is 17.6 Å². The van der Waals surface area contributed by atoms with Gasteiger partial charge in [0.25, 0.3) is 0 Å². The van der Waals surface area contributed by atoms with Crippen molar-refractivity contribution in [1.29, 1.82) is 0 Å². The van der Waals surface area contributed by atoms with E-state index in [4.69, 9.17) is 10.2 Å². The highest BCUT2D eigenvalue weighted by molar-refractivity contribution is 7.89. The molecule has 0 aliphatic carbocycles. The maximum atomic E-state index is 13.8. The Morgan fingerprint density at radius 1 is 1.45 bits per heavy atom. The molecule has 1 atom stereocenters. The number of carboxylic acid groups (broad SMARTS) is 1. The summed E-state index contributed by atoms with van der Waals surface area (Å²) >= 11 is 0. The Morgan fingerprint density at radius 3 is 2.75 bits per heavy atom. The lowest BCUT2D eigenvalue weighted by Crippen LogP contribution is -2.38. The van der Waals surface area contributed by atoms with Gasteiger partial charge in [-0.1, -0.05) is 0 Å². The van der Waals surface area contributed by atoms with Gasteiger partial charge >= 0.3 is 5.97 Å². The van der Waals surface area contributed by atoms with Crippen molar-refractivity contribution in [3.8, 4) is 0 Å². The van der Waals surface area contributed by atoms with Gasteiger partial charge in [0, 0.05) is 12.6 Å². The van der Waals surface area contributed by atoms with Crippen molar-refractivity contribution in [3.05, 3.63) is 29.6 Å². The van der Waals surface area contributed by atoms with Gasteiger partial charge in [-0.15, -0.1) is 0 Å². The second kappa shape index (κ2) is 5.47. The third-order valence-corrected chi connectivity index (χ3v) is 5.27. The highest BCUT2D eigenvalue weighted by Crippen LogP contribution is 2.27. The highest BCUT2D eigenvalue weighted by Gasteiger charge is 2.36. The molecule has 1 aromatic carbocycles. The first-order valence-electron chi connectivity index (χ1n) is 6.03. The largest absolute Gasteiger partial charge is 0.478 e. The Bertz CT molecular complexity index is 631. The van der Waals surface area contributed by atoms with E-state index < -0.39 is 32.7 Å². The summed E-state index contributed by atoms with van der Waals surface area (Å²) in [7, 11) is -4.15. The molecule has 0 saturated carbocycles. The zero-order valence-corrected chi connectivity index (χ0v) is 11.3. The van der Waals surface area contributed by atoms with E-state index in [0.717, 1.165) is 22.5 Å². The average Bonchev–Trinajstić information content (AvgIpc) is 2.87. The Balaban J connectivity index is 2.48. The molecule has 1 aliphatic rings. The molecule has 110 valence electrons. The van der Waals surface area contributed by atoms with Crippen molar-refractivity contribution in [3.63, 3.8) is 0 Å². The maximum Gasteiger partial charge on any atom is 0.335 e. The summed E-state index contributed by atoms with van der Waals surface area (Å²) in [5, 5.41) is 18.0. The van der Waals surface area contributed by atoms with Crippen LogP contribution in [0.25, 0.3) is 0 Å². The number of aliphatic hydroxyl groups excluding tert-OH is 1. The average molecular weight is 303 g/mol. The summed E-state index contributed by atoms with van der Waals surface area (Å²) in [6, 6.07) is 2.04. The van der Waals surface area contributed by atoms with Crippen molar-refractivity contribution >= 4 is 16.0 Å². The minimum Gasteiger partial charge on any atom is -0.478 e. The van der Waals surface area contributed by atoms with Crippen molar-refractivity contribution in [2.45, 2.75) is 23.8 Å². The van der Waals surface area contributed by atoms with Gasteiger partial charge in [0.1, 0.15) is 10.7 Å². The molecule has 6 nitrogen and oxygen atoms in total. The fourth-order valence-electron chi connectivity index (χ4n) is 2.27. The molecule has 2 N–H and O–H groups in total. The summed E-state index contributed by atoms with van der Waals surface area (Å²) in [5.41, 5.74) is -0.301. The van der Waals surface area contributed by atoms with Gasteiger partial charge in [-0.05, 0) is 31.0 Å². The van der Waals surface area contributed by atoms with Crippen LogP contribution in [0.2, 0.25) is 0 Å². The third-order valence-electron chi connectivity index (χ3n) is 3.30. The lowest BCUT2D eigenvalue weighted by atomic mass is 10.2. The molecule has 1 saturated heterocycles. The van der Waals surface area contributed by atoms with E-state index in [0.29, 0.717) is 12.8 Å². The van der Waals surface area contributed by atoms with Crippen LogP contribution >= 0.6 is 0 Å². The third kappa shape index (κ3) is 2.54. The number of aromatic carboxylic acids is 1. The van der Waals surface area contributed by atoms with Crippen LogP contribution < -0.4 is 0 Å². The molecule has 2 rings (SSSR count). The molecule has 0 amide bonds. The van der Waals surface area contributed by atoms with Crippen LogP contribution in [0.15, 0.2) is 23.1 Å². The number of nitrogens with zero attached hydrogens (tertiary/aromatic N) is 1. The molecule has 0 aromatic heterocycles. The zero-order chi connectivity index (χ0) is 14.9. The van der Waals surface area contributed by atoms with Crippen molar-refractivity contribution in [1.82, 2.24) is 4.31 Å². The molecule has 1 unspecified atom stereocenters. The molecule has 1 fully saturated rings. The monoisotopic (exact) mass is 303 g/mol. The number of carbonyl (C=O) groups is 1. The first-order valence-corrected chi connectivity index (χ1v) is 7.47. The lowest BCUT2D eigenvalue weighted by molar-refractivity contribution is 0.0696. The van der Waals surface area contributed by atoms with E-state index in [1.807, 2.05) is 0 Å². The fraction of sp³-hybridized carbons (Fsp3) is 0.417. The number of carboxylic acids is 1. The first-order chi connectivity index (χ1) is 9.37. The minimum absolute atomic E-state index is 0.185. The zero-order valence-electron chi connectivity index (χ0n) is 10.5. The van der Waals surface area contributed by atoms with Crippen molar-refractivity contribution in [2.24, 2.45) is 0 Å². The van der Waals surface area contributed by atoms with E-state index in [9.17, 15) is 17.6 Å². The fourth-order valence-corrected chi connectivity index (χ4v) is 4.05. The van der Waals surface area contributed by atoms with Gasteiger partial charge < -0.3 is 10.2 Å². The number of halogens is 1. The van der Waals surface area contributed by atoms with Crippen LogP contribution in [0.5, 0.6) is 0 Å². The maximum absolute atomic E-state index is 13.8. The normalized spacial score (nSPS) is 20.2. The molecule has 0 bridgehead atoms. The van der Waals surface area contributed by atoms with Gasteiger partial charge in [-0.3, -0.25) is 0 Å². The van der Waals surface area contributed by atoms with Gasteiger partial charge in [-0.2, -0.15) is 4.31 Å². The number of hydrogen-bond acceptors (Lipinski definition) is 4. The number of rotatable bonds is 4.